The molecule has 0 fully saturated rings. The summed E-state index contributed by atoms with van der Waals surface area (Å²) in [7, 11) is 0. The molecule has 0 spiro atoms. The molecular weight excluding hydrogens is 290 g/mol. The maximum atomic E-state index is 6.17. The summed E-state index contributed by atoms with van der Waals surface area (Å²) < 4.78 is 0. The predicted octanol–water partition coefficient (Wildman–Crippen LogP) is 1.78. The van der Waals surface area contributed by atoms with Crippen LogP contribution in [0.25, 0.3) is 11.0 Å². The SMILES string of the molecule is Cc1c2c(nc3nc(NCCc4cnc[nH]4)nc(N)c13)CCC2. The van der Waals surface area contributed by atoms with Crippen molar-refractivity contribution in [1.82, 2.24) is 24.9 Å². The number of imidazole rings is 1. The van der Waals surface area contributed by atoms with Crippen molar-refractivity contribution >= 4 is 22.8 Å². The molecule has 0 unspecified atom stereocenters. The molecule has 7 heteroatoms. The van der Waals surface area contributed by atoms with E-state index < -0.39 is 0 Å². The van der Waals surface area contributed by atoms with E-state index in [1.54, 1.807) is 6.33 Å². The standard InChI is InChI=1S/C16H19N7/c1-9-11-3-2-4-12(11)21-15-13(9)14(17)22-16(23-15)19-6-5-10-7-18-8-20-10/h7-8H,2-6H2,1H3,(H,18,20)(H3,17,19,21,22,23). The van der Waals surface area contributed by atoms with Gasteiger partial charge in [-0.1, -0.05) is 0 Å². The molecule has 0 bridgehead atoms. The Kier molecular flexibility index (Phi) is 3.33. The first-order chi connectivity index (χ1) is 11.2. The van der Waals surface area contributed by atoms with Gasteiger partial charge in [0.25, 0.3) is 0 Å². The number of hydrogen-bond acceptors (Lipinski definition) is 6. The topological polar surface area (TPSA) is 105 Å². The van der Waals surface area contributed by atoms with Crippen LogP contribution >= 0.6 is 0 Å². The fourth-order valence-corrected chi connectivity index (χ4v) is 3.25. The average Bonchev–Trinajstić information content (AvgIpc) is 3.18. The van der Waals surface area contributed by atoms with Gasteiger partial charge in [0.1, 0.15) is 5.82 Å². The Morgan fingerprint density at radius 2 is 2.17 bits per heavy atom. The smallest absolute Gasteiger partial charge is 0.226 e. The second kappa shape index (κ2) is 5.49. The maximum Gasteiger partial charge on any atom is 0.226 e. The minimum Gasteiger partial charge on any atom is -0.383 e. The Morgan fingerprint density at radius 1 is 1.26 bits per heavy atom. The van der Waals surface area contributed by atoms with Gasteiger partial charge in [0.15, 0.2) is 5.65 Å². The second-order valence-electron chi connectivity index (χ2n) is 5.90. The Hall–Kier alpha value is -2.70. The number of nitrogen functional groups attached to an aromatic ring is 1. The molecular formula is C16H19N7. The van der Waals surface area contributed by atoms with E-state index in [4.69, 9.17) is 10.7 Å². The molecule has 0 saturated heterocycles. The van der Waals surface area contributed by atoms with Gasteiger partial charge in [-0.2, -0.15) is 9.97 Å². The third-order valence-electron chi connectivity index (χ3n) is 4.41. The zero-order valence-electron chi connectivity index (χ0n) is 13.1. The third kappa shape index (κ3) is 2.48. The first-order valence-corrected chi connectivity index (χ1v) is 7.89. The molecule has 23 heavy (non-hydrogen) atoms. The van der Waals surface area contributed by atoms with E-state index in [1.807, 2.05) is 6.20 Å². The maximum absolute atomic E-state index is 6.17. The van der Waals surface area contributed by atoms with E-state index in [9.17, 15) is 0 Å². The number of aromatic amines is 1. The van der Waals surface area contributed by atoms with Gasteiger partial charge in [0.05, 0.1) is 11.7 Å². The van der Waals surface area contributed by atoms with Gasteiger partial charge in [-0.15, -0.1) is 0 Å². The minimum absolute atomic E-state index is 0.499. The highest BCUT2D eigenvalue weighted by atomic mass is 15.1. The number of anilines is 2. The first-order valence-electron chi connectivity index (χ1n) is 7.89. The molecule has 118 valence electrons. The number of aryl methyl sites for hydroxylation is 2. The van der Waals surface area contributed by atoms with Gasteiger partial charge in [-0.25, -0.2) is 9.97 Å². The number of hydrogen-bond donors (Lipinski definition) is 3. The number of nitrogens with one attached hydrogen (secondary N) is 2. The summed E-state index contributed by atoms with van der Waals surface area (Å²) in [5.74, 6) is 1.03. The summed E-state index contributed by atoms with van der Waals surface area (Å²) in [5, 5.41) is 4.11. The van der Waals surface area contributed by atoms with Gasteiger partial charge in [-0.3, -0.25) is 0 Å². The molecule has 4 rings (SSSR count). The number of fused-ring (bicyclic) bond motifs is 2. The van der Waals surface area contributed by atoms with Crippen molar-refractivity contribution in [2.45, 2.75) is 32.6 Å². The van der Waals surface area contributed by atoms with Gasteiger partial charge < -0.3 is 16.0 Å². The number of nitrogens with two attached hydrogens (primary N) is 1. The highest BCUT2D eigenvalue weighted by molar-refractivity contribution is 5.90. The number of nitrogens with zero attached hydrogens (tertiary/aromatic N) is 4. The van der Waals surface area contributed by atoms with Crippen molar-refractivity contribution in [2.75, 3.05) is 17.6 Å². The summed E-state index contributed by atoms with van der Waals surface area (Å²) >= 11 is 0. The van der Waals surface area contributed by atoms with E-state index in [2.05, 4.69) is 32.2 Å². The molecule has 3 heterocycles. The molecule has 1 aliphatic rings. The molecule has 0 saturated carbocycles. The number of H-pyrrole nitrogens is 1. The van der Waals surface area contributed by atoms with E-state index >= 15 is 0 Å². The molecule has 3 aromatic heterocycles. The van der Waals surface area contributed by atoms with Crippen LogP contribution in [0.2, 0.25) is 0 Å². The third-order valence-corrected chi connectivity index (χ3v) is 4.41. The molecule has 0 aliphatic heterocycles. The lowest BCUT2D eigenvalue weighted by Gasteiger charge is -2.11. The highest BCUT2D eigenvalue weighted by Gasteiger charge is 2.20. The Morgan fingerprint density at radius 3 is 3.00 bits per heavy atom. The van der Waals surface area contributed by atoms with E-state index in [1.165, 1.54) is 11.1 Å². The molecule has 1 aliphatic carbocycles. The Bertz CT molecular complexity index is 855. The lowest BCUT2D eigenvalue weighted by molar-refractivity contribution is 0.899. The fraction of sp³-hybridized carbons (Fsp3) is 0.375. The largest absolute Gasteiger partial charge is 0.383 e. The van der Waals surface area contributed by atoms with E-state index in [-0.39, 0.29) is 0 Å². The lowest BCUT2D eigenvalue weighted by Crippen LogP contribution is -2.11. The molecule has 3 aromatic rings. The zero-order chi connectivity index (χ0) is 15.8. The average molecular weight is 309 g/mol. The fourth-order valence-electron chi connectivity index (χ4n) is 3.25. The van der Waals surface area contributed by atoms with Gasteiger partial charge in [0.2, 0.25) is 5.95 Å². The van der Waals surface area contributed by atoms with E-state index in [0.29, 0.717) is 24.0 Å². The lowest BCUT2D eigenvalue weighted by atomic mass is 10.1. The molecule has 0 amide bonds. The van der Waals surface area contributed by atoms with Crippen LogP contribution < -0.4 is 11.1 Å². The van der Waals surface area contributed by atoms with Gasteiger partial charge in [-0.05, 0) is 37.3 Å². The number of aromatic nitrogens is 5. The number of pyridine rings is 1. The zero-order valence-corrected chi connectivity index (χ0v) is 13.1. The Balaban J connectivity index is 1.63. The number of rotatable bonds is 4. The van der Waals surface area contributed by atoms with Crippen LogP contribution in [0.15, 0.2) is 12.5 Å². The summed E-state index contributed by atoms with van der Waals surface area (Å²) in [6, 6.07) is 0. The molecule has 0 aromatic carbocycles. The van der Waals surface area contributed by atoms with Gasteiger partial charge >= 0.3 is 0 Å². The minimum atomic E-state index is 0.499. The van der Waals surface area contributed by atoms with Crippen molar-refractivity contribution in [3.8, 4) is 0 Å². The van der Waals surface area contributed by atoms with Crippen LogP contribution in [0.4, 0.5) is 11.8 Å². The van der Waals surface area contributed by atoms with Crippen LogP contribution in [0.3, 0.4) is 0 Å². The molecule has 0 atom stereocenters. The molecule has 0 radical (unpaired) electrons. The molecule has 4 N–H and O–H groups in total. The normalized spacial score (nSPS) is 13.4. The molecule has 7 nitrogen and oxygen atoms in total. The summed E-state index contributed by atoms with van der Waals surface area (Å²) in [5.41, 5.74) is 11.6. The Labute approximate surface area is 133 Å². The highest BCUT2D eigenvalue weighted by Crippen LogP contribution is 2.31. The van der Waals surface area contributed by atoms with Crippen molar-refractivity contribution < 1.29 is 0 Å². The summed E-state index contributed by atoms with van der Waals surface area (Å²) in [4.78, 5) is 20.7. The predicted molar refractivity (Wildman–Crippen MR) is 89.3 cm³/mol. The monoisotopic (exact) mass is 309 g/mol. The summed E-state index contributed by atoms with van der Waals surface area (Å²) in [6.45, 7) is 2.80. The van der Waals surface area contributed by atoms with Crippen molar-refractivity contribution in [2.24, 2.45) is 0 Å². The quantitative estimate of drug-likeness (QED) is 0.678. The van der Waals surface area contributed by atoms with Crippen LogP contribution in [-0.2, 0) is 19.3 Å². The van der Waals surface area contributed by atoms with Crippen LogP contribution in [0.1, 0.15) is 28.9 Å². The first kappa shape index (κ1) is 13.9. The summed E-state index contributed by atoms with van der Waals surface area (Å²) in [6.07, 6.45) is 7.56. The van der Waals surface area contributed by atoms with Crippen molar-refractivity contribution in [3.05, 3.63) is 35.0 Å². The van der Waals surface area contributed by atoms with Crippen LogP contribution in [-0.4, -0.2) is 31.5 Å². The van der Waals surface area contributed by atoms with Crippen molar-refractivity contribution in [3.63, 3.8) is 0 Å². The van der Waals surface area contributed by atoms with E-state index in [0.717, 1.165) is 42.5 Å². The van der Waals surface area contributed by atoms with Crippen LogP contribution in [0.5, 0.6) is 0 Å². The van der Waals surface area contributed by atoms with Gasteiger partial charge in [0, 0.05) is 30.6 Å². The van der Waals surface area contributed by atoms with Crippen molar-refractivity contribution in [1.29, 1.82) is 0 Å². The second-order valence-corrected chi connectivity index (χ2v) is 5.90. The van der Waals surface area contributed by atoms with Crippen LogP contribution in [0, 0.1) is 6.92 Å².